The Hall–Kier alpha value is -1.67. The van der Waals surface area contributed by atoms with E-state index in [1.807, 2.05) is 5.32 Å². The van der Waals surface area contributed by atoms with E-state index in [-0.39, 0.29) is 5.95 Å². The van der Waals surface area contributed by atoms with Gasteiger partial charge in [-0.1, -0.05) is 0 Å². The van der Waals surface area contributed by atoms with Crippen molar-refractivity contribution in [2.24, 2.45) is 0 Å². The molecule has 9 heteroatoms. The molecule has 0 unspecified atom stereocenters. The monoisotopic (exact) mass is 270 g/mol. The van der Waals surface area contributed by atoms with Gasteiger partial charge in [-0.05, 0) is 6.92 Å². The number of anilines is 2. The maximum atomic E-state index is 13.1. The molecule has 102 valence electrons. The molecule has 0 spiro atoms. The van der Waals surface area contributed by atoms with E-state index >= 15 is 0 Å². The topological polar surface area (TPSA) is 49.8 Å². The number of hydrogen-bond acceptors (Lipinski definition) is 4. The Labute approximate surface area is 99.6 Å². The lowest BCUT2D eigenvalue weighted by atomic mass is 10.3. The maximum Gasteiger partial charge on any atom is 0.324 e. The van der Waals surface area contributed by atoms with E-state index in [1.165, 1.54) is 0 Å². The Balaban J connectivity index is 2.75. The first-order valence-corrected chi connectivity index (χ1v) is 5.03. The van der Waals surface area contributed by atoms with Crippen molar-refractivity contribution in [2.75, 3.05) is 23.7 Å². The Morgan fingerprint density at radius 2 is 2.00 bits per heavy atom. The molecule has 18 heavy (non-hydrogen) atoms. The molecule has 0 radical (unpaired) electrons. The fourth-order valence-electron chi connectivity index (χ4n) is 1.01. The molecule has 0 saturated heterocycles. The fraction of sp³-hybridized carbons (Fsp3) is 0.556. The molecule has 1 aromatic rings. The van der Waals surface area contributed by atoms with Crippen LogP contribution in [0.4, 0.5) is 33.7 Å². The van der Waals surface area contributed by atoms with Crippen molar-refractivity contribution in [2.45, 2.75) is 19.3 Å². The predicted molar refractivity (Wildman–Crippen MR) is 55.6 cm³/mol. The van der Waals surface area contributed by atoms with Crippen LogP contribution in [0.15, 0.2) is 6.20 Å². The standard InChI is InChI=1S/C9H11F5N4/c1-2-15-8-16-3-5(10)6(18-8)17-4-9(13,14)7(11)12/h3,7H,2,4H2,1H3,(H2,15,16,17,18). The minimum atomic E-state index is -4.25. The van der Waals surface area contributed by atoms with Crippen LogP contribution in [0.25, 0.3) is 0 Å². The molecule has 0 aliphatic rings. The van der Waals surface area contributed by atoms with E-state index in [0.717, 1.165) is 6.20 Å². The molecule has 1 heterocycles. The second-order valence-electron chi connectivity index (χ2n) is 3.34. The molecule has 0 aliphatic heterocycles. The van der Waals surface area contributed by atoms with Gasteiger partial charge in [0.1, 0.15) is 0 Å². The summed E-state index contributed by atoms with van der Waals surface area (Å²) in [5.41, 5.74) is 0. The van der Waals surface area contributed by atoms with E-state index in [1.54, 1.807) is 6.92 Å². The van der Waals surface area contributed by atoms with Crippen molar-refractivity contribution in [3.8, 4) is 0 Å². The van der Waals surface area contributed by atoms with Gasteiger partial charge in [0.25, 0.3) is 0 Å². The second kappa shape index (κ2) is 5.78. The largest absolute Gasteiger partial charge is 0.361 e. The molecule has 0 bridgehead atoms. The van der Waals surface area contributed by atoms with Gasteiger partial charge in [0, 0.05) is 6.54 Å². The summed E-state index contributed by atoms with van der Waals surface area (Å²) in [7, 11) is 0. The summed E-state index contributed by atoms with van der Waals surface area (Å²) in [5.74, 6) is -5.79. The van der Waals surface area contributed by atoms with Crippen LogP contribution in [0.3, 0.4) is 0 Å². The highest BCUT2D eigenvalue weighted by Gasteiger charge is 2.40. The van der Waals surface area contributed by atoms with Crippen LogP contribution in [-0.4, -0.2) is 35.4 Å². The van der Waals surface area contributed by atoms with Gasteiger partial charge in [-0.2, -0.15) is 13.8 Å². The molecule has 0 aliphatic carbocycles. The third-order valence-corrected chi connectivity index (χ3v) is 1.89. The summed E-state index contributed by atoms with van der Waals surface area (Å²) in [6.07, 6.45) is -3.07. The quantitative estimate of drug-likeness (QED) is 0.779. The van der Waals surface area contributed by atoms with Gasteiger partial charge in [-0.25, -0.2) is 18.2 Å². The van der Waals surface area contributed by atoms with Crippen molar-refractivity contribution in [1.29, 1.82) is 0 Å². The summed E-state index contributed by atoms with van der Waals surface area (Å²) in [4.78, 5) is 7.07. The van der Waals surface area contributed by atoms with Crippen LogP contribution in [0, 0.1) is 5.82 Å². The zero-order chi connectivity index (χ0) is 13.8. The number of nitrogens with zero attached hydrogens (tertiary/aromatic N) is 2. The molecular formula is C9H11F5N4. The molecule has 0 saturated carbocycles. The van der Waals surface area contributed by atoms with Crippen LogP contribution in [0.5, 0.6) is 0 Å². The van der Waals surface area contributed by atoms with Gasteiger partial charge in [0.2, 0.25) is 5.95 Å². The summed E-state index contributed by atoms with van der Waals surface area (Å²) in [6.45, 7) is 0.757. The average Bonchev–Trinajstić information content (AvgIpc) is 2.30. The number of halogens is 5. The van der Waals surface area contributed by atoms with Gasteiger partial charge in [-0.15, -0.1) is 0 Å². The third-order valence-electron chi connectivity index (χ3n) is 1.89. The minimum absolute atomic E-state index is 0.0155. The number of hydrogen-bond donors (Lipinski definition) is 2. The third kappa shape index (κ3) is 3.67. The second-order valence-corrected chi connectivity index (χ2v) is 3.34. The Kier molecular flexibility index (Phi) is 4.62. The van der Waals surface area contributed by atoms with Gasteiger partial charge in [-0.3, -0.25) is 0 Å². The van der Waals surface area contributed by atoms with Crippen LogP contribution in [0.1, 0.15) is 6.92 Å². The predicted octanol–water partition coefficient (Wildman–Crippen LogP) is 2.36. The highest BCUT2D eigenvalue weighted by atomic mass is 19.3. The first kappa shape index (κ1) is 14.4. The van der Waals surface area contributed by atoms with Crippen molar-refractivity contribution < 1.29 is 22.0 Å². The Bertz CT molecular complexity index is 399. The lowest BCUT2D eigenvalue weighted by Gasteiger charge is -2.16. The minimum Gasteiger partial charge on any atom is -0.361 e. The summed E-state index contributed by atoms with van der Waals surface area (Å²) >= 11 is 0. The molecule has 4 nitrogen and oxygen atoms in total. The van der Waals surface area contributed by atoms with Crippen molar-refractivity contribution in [3.05, 3.63) is 12.0 Å². The molecule has 2 N–H and O–H groups in total. The number of rotatable bonds is 6. The lowest BCUT2D eigenvalue weighted by molar-refractivity contribution is -0.117. The van der Waals surface area contributed by atoms with Crippen LogP contribution in [-0.2, 0) is 0 Å². The number of alkyl halides is 4. The van der Waals surface area contributed by atoms with E-state index in [0.29, 0.717) is 6.54 Å². The summed E-state index contributed by atoms with van der Waals surface area (Å²) in [6, 6.07) is 0. The first-order chi connectivity index (χ1) is 8.36. The number of nitrogens with one attached hydrogen (secondary N) is 2. The SMILES string of the molecule is CCNc1ncc(F)c(NCC(F)(F)C(F)F)n1. The molecule has 1 rings (SSSR count). The van der Waals surface area contributed by atoms with Crippen LogP contribution < -0.4 is 10.6 Å². The molecule has 1 aromatic heterocycles. The maximum absolute atomic E-state index is 13.1. The van der Waals surface area contributed by atoms with E-state index in [2.05, 4.69) is 15.3 Å². The van der Waals surface area contributed by atoms with E-state index in [4.69, 9.17) is 0 Å². The summed E-state index contributed by atoms with van der Waals surface area (Å²) in [5, 5.41) is 4.47. The zero-order valence-corrected chi connectivity index (χ0v) is 9.35. The van der Waals surface area contributed by atoms with Gasteiger partial charge < -0.3 is 10.6 Å². The van der Waals surface area contributed by atoms with Crippen molar-refractivity contribution in [1.82, 2.24) is 9.97 Å². The van der Waals surface area contributed by atoms with Crippen molar-refractivity contribution >= 4 is 11.8 Å². The molecule has 0 atom stereocenters. The first-order valence-electron chi connectivity index (χ1n) is 5.03. The zero-order valence-electron chi connectivity index (χ0n) is 9.35. The molecule has 0 aromatic carbocycles. The molecule has 0 fully saturated rings. The highest BCUT2D eigenvalue weighted by Crippen LogP contribution is 2.23. The van der Waals surface area contributed by atoms with Crippen molar-refractivity contribution in [3.63, 3.8) is 0 Å². The molecular weight excluding hydrogens is 259 g/mol. The Morgan fingerprint density at radius 3 is 2.56 bits per heavy atom. The van der Waals surface area contributed by atoms with Gasteiger partial charge >= 0.3 is 12.3 Å². The van der Waals surface area contributed by atoms with Crippen LogP contribution in [0.2, 0.25) is 0 Å². The fourth-order valence-corrected chi connectivity index (χ4v) is 1.01. The average molecular weight is 270 g/mol. The lowest BCUT2D eigenvalue weighted by Crippen LogP contribution is -2.35. The van der Waals surface area contributed by atoms with Gasteiger partial charge in [0.05, 0.1) is 12.7 Å². The Morgan fingerprint density at radius 1 is 1.33 bits per heavy atom. The van der Waals surface area contributed by atoms with Crippen LogP contribution >= 0.6 is 0 Å². The normalized spacial score (nSPS) is 11.7. The van der Waals surface area contributed by atoms with E-state index in [9.17, 15) is 22.0 Å². The van der Waals surface area contributed by atoms with E-state index < -0.39 is 30.5 Å². The number of aromatic nitrogens is 2. The smallest absolute Gasteiger partial charge is 0.324 e. The highest BCUT2D eigenvalue weighted by molar-refractivity contribution is 5.41. The summed E-state index contributed by atoms with van der Waals surface area (Å²) < 4.78 is 62.1. The molecule has 0 amide bonds. The van der Waals surface area contributed by atoms with Gasteiger partial charge in [0.15, 0.2) is 11.6 Å².